The van der Waals surface area contributed by atoms with E-state index in [4.69, 9.17) is 0 Å². The Labute approximate surface area is 114 Å². The Kier molecular flexibility index (Phi) is 3.45. The van der Waals surface area contributed by atoms with Gasteiger partial charge in [0, 0.05) is 18.7 Å². The quantitative estimate of drug-likeness (QED) is 0.907. The van der Waals surface area contributed by atoms with Crippen LogP contribution in [0.1, 0.15) is 37.7 Å². The molecule has 1 aromatic rings. The van der Waals surface area contributed by atoms with Gasteiger partial charge >= 0.3 is 5.97 Å². The molecule has 19 heavy (non-hydrogen) atoms. The molecular weight excluding hydrogens is 238 g/mol. The van der Waals surface area contributed by atoms with Gasteiger partial charge < -0.3 is 10.0 Å². The summed E-state index contributed by atoms with van der Waals surface area (Å²) < 4.78 is 0. The van der Waals surface area contributed by atoms with Crippen LogP contribution in [-0.2, 0) is 11.2 Å². The number of carboxylic acid groups (broad SMARTS) is 1. The van der Waals surface area contributed by atoms with Gasteiger partial charge in [-0.2, -0.15) is 0 Å². The van der Waals surface area contributed by atoms with Gasteiger partial charge in [0.2, 0.25) is 0 Å². The summed E-state index contributed by atoms with van der Waals surface area (Å²) in [6.07, 6.45) is 7.11. The molecule has 3 nitrogen and oxygen atoms in total. The summed E-state index contributed by atoms with van der Waals surface area (Å²) >= 11 is 0. The molecule has 1 heterocycles. The first-order valence-electron chi connectivity index (χ1n) is 7.33. The van der Waals surface area contributed by atoms with Crippen LogP contribution >= 0.6 is 0 Å². The number of carbonyl (C=O) groups is 1. The molecule has 1 saturated carbocycles. The van der Waals surface area contributed by atoms with Crippen molar-refractivity contribution >= 4 is 11.7 Å². The highest BCUT2D eigenvalue weighted by Gasteiger charge is 2.35. The summed E-state index contributed by atoms with van der Waals surface area (Å²) in [6, 6.07) is 7.78. The van der Waals surface area contributed by atoms with Crippen LogP contribution in [-0.4, -0.2) is 23.7 Å². The zero-order chi connectivity index (χ0) is 13.2. The average Bonchev–Trinajstić information content (AvgIpc) is 2.79. The van der Waals surface area contributed by atoms with E-state index in [9.17, 15) is 9.90 Å². The number of aliphatic carboxylic acids is 1. The van der Waals surface area contributed by atoms with Crippen LogP contribution in [0.25, 0.3) is 0 Å². The molecule has 0 saturated heterocycles. The zero-order valence-corrected chi connectivity index (χ0v) is 11.2. The molecule has 1 fully saturated rings. The topological polar surface area (TPSA) is 40.5 Å². The number of para-hydroxylation sites is 1. The Balaban J connectivity index is 1.81. The summed E-state index contributed by atoms with van der Waals surface area (Å²) in [6.45, 7) is 0.911. The molecule has 102 valence electrons. The second-order valence-electron chi connectivity index (χ2n) is 5.84. The molecule has 0 aromatic heterocycles. The normalized spacial score (nSPS) is 23.4. The van der Waals surface area contributed by atoms with E-state index >= 15 is 0 Å². The molecule has 1 aliphatic heterocycles. The van der Waals surface area contributed by atoms with Crippen molar-refractivity contribution in [3.63, 3.8) is 0 Å². The third kappa shape index (κ3) is 2.46. The van der Waals surface area contributed by atoms with Gasteiger partial charge in [0.15, 0.2) is 0 Å². The second kappa shape index (κ2) is 5.24. The standard InChI is InChI=1S/C16H21NO2/c18-16(19)15-10-13-8-4-5-9-14(13)17(15)11-12-6-2-1-3-7-12/h4-5,8-9,12,15H,1-3,6-7,10-11H2,(H,18,19). The molecule has 1 unspecified atom stereocenters. The van der Waals surface area contributed by atoms with Crippen LogP contribution in [0.15, 0.2) is 24.3 Å². The minimum atomic E-state index is -0.688. The first-order valence-corrected chi connectivity index (χ1v) is 7.33. The molecular formula is C16H21NO2. The van der Waals surface area contributed by atoms with Gasteiger partial charge in [-0.1, -0.05) is 37.5 Å². The number of rotatable bonds is 3. The van der Waals surface area contributed by atoms with Gasteiger partial charge in [-0.15, -0.1) is 0 Å². The average molecular weight is 259 g/mol. The minimum absolute atomic E-state index is 0.362. The number of fused-ring (bicyclic) bond motifs is 1. The van der Waals surface area contributed by atoms with Crippen LogP contribution in [0.5, 0.6) is 0 Å². The van der Waals surface area contributed by atoms with Crippen LogP contribution in [0.3, 0.4) is 0 Å². The summed E-state index contributed by atoms with van der Waals surface area (Å²) in [7, 11) is 0. The molecule has 0 bridgehead atoms. The lowest BCUT2D eigenvalue weighted by Crippen LogP contribution is -2.41. The van der Waals surface area contributed by atoms with Gasteiger partial charge in [-0.05, 0) is 30.4 Å². The molecule has 1 N–H and O–H groups in total. The van der Waals surface area contributed by atoms with Gasteiger partial charge in [0.05, 0.1) is 0 Å². The maximum absolute atomic E-state index is 11.5. The number of carboxylic acids is 1. The predicted octanol–water partition coefficient (Wildman–Crippen LogP) is 3.08. The van der Waals surface area contributed by atoms with Crippen molar-refractivity contribution in [1.82, 2.24) is 0 Å². The van der Waals surface area contributed by atoms with Crippen molar-refractivity contribution in [1.29, 1.82) is 0 Å². The number of anilines is 1. The largest absolute Gasteiger partial charge is 0.480 e. The lowest BCUT2D eigenvalue weighted by Gasteiger charge is -2.31. The van der Waals surface area contributed by atoms with Gasteiger partial charge in [-0.3, -0.25) is 0 Å². The Morgan fingerprint density at radius 3 is 2.68 bits per heavy atom. The monoisotopic (exact) mass is 259 g/mol. The SMILES string of the molecule is O=C(O)C1Cc2ccccc2N1CC1CCCCC1. The molecule has 3 heteroatoms. The number of nitrogens with zero attached hydrogens (tertiary/aromatic N) is 1. The van der Waals surface area contributed by atoms with E-state index in [0.717, 1.165) is 12.2 Å². The maximum atomic E-state index is 11.5. The van der Waals surface area contributed by atoms with Crippen molar-refractivity contribution in [3.8, 4) is 0 Å². The third-order valence-electron chi connectivity index (χ3n) is 4.56. The van der Waals surface area contributed by atoms with Crippen LogP contribution in [0, 0.1) is 5.92 Å². The van der Waals surface area contributed by atoms with E-state index in [1.54, 1.807) is 0 Å². The smallest absolute Gasteiger partial charge is 0.326 e. The van der Waals surface area contributed by atoms with Gasteiger partial charge in [-0.25, -0.2) is 4.79 Å². The minimum Gasteiger partial charge on any atom is -0.480 e. The molecule has 2 aliphatic rings. The van der Waals surface area contributed by atoms with Gasteiger partial charge in [0.1, 0.15) is 6.04 Å². The molecule has 3 rings (SSSR count). The molecule has 0 spiro atoms. The zero-order valence-electron chi connectivity index (χ0n) is 11.2. The summed E-state index contributed by atoms with van der Waals surface area (Å²) in [5.74, 6) is -0.0197. The lowest BCUT2D eigenvalue weighted by molar-refractivity contribution is -0.138. The highest BCUT2D eigenvalue weighted by atomic mass is 16.4. The fraction of sp³-hybridized carbons (Fsp3) is 0.562. The maximum Gasteiger partial charge on any atom is 0.326 e. The van der Waals surface area contributed by atoms with Crippen molar-refractivity contribution in [2.45, 2.75) is 44.6 Å². The summed E-state index contributed by atoms with van der Waals surface area (Å²) in [4.78, 5) is 13.6. The predicted molar refractivity (Wildman–Crippen MR) is 75.5 cm³/mol. The molecule has 1 atom stereocenters. The highest BCUT2D eigenvalue weighted by molar-refractivity contribution is 5.82. The molecule has 1 aliphatic carbocycles. The Hall–Kier alpha value is -1.51. The summed E-state index contributed by atoms with van der Waals surface area (Å²) in [5.41, 5.74) is 2.33. The fourth-order valence-corrected chi connectivity index (χ4v) is 3.54. The molecule has 1 aromatic carbocycles. The first kappa shape index (κ1) is 12.5. The number of hydrogen-bond donors (Lipinski definition) is 1. The third-order valence-corrected chi connectivity index (χ3v) is 4.56. The van der Waals surface area contributed by atoms with E-state index in [1.807, 2.05) is 12.1 Å². The van der Waals surface area contributed by atoms with E-state index in [0.29, 0.717) is 12.3 Å². The van der Waals surface area contributed by atoms with Crippen molar-refractivity contribution in [2.24, 2.45) is 5.92 Å². The molecule has 0 amide bonds. The van der Waals surface area contributed by atoms with Crippen molar-refractivity contribution in [3.05, 3.63) is 29.8 Å². The van der Waals surface area contributed by atoms with Gasteiger partial charge in [0.25, 0.3) is 0 Å². The van der Waals surface area contributed by atoms with E-state index in [2.05, 4.69) is 17.0 Å². The second-order valence-corrected chi connectivity index (χ2v) is 5.84. The number of benzene rings is 1. The van der Waals surface area contributed by atoms with E-state index < -0.39 is 5.97 Å². The van der Waals surface area contributed by atoms with Crippen LogP contribution in [0.4, 0.5) is 5.69 Å². The van der Waals surface area contributed by atoms with Crippen molar-refractivity contribution < 1.29 is 9.90 Å². The first-order chi connectivity index (χ1) is 9.25. The lowest BCUT2D eigenvalue weighted by atomic mass is 9.88. The molecule has 0 radical (unpaired) electrons. The highest BCUT2D eigenvalue weighted by Crippen LogP contribution is 2.35. The van der Waals surface area contributed by atoms with Crippen molar-refractivity contribution in [2.75, 3.05) is 11.4 Å². The van der Waals surface area contributed by atoms with Crippen LogP contribution in [0.2, 0.25) is 0 Å². The number of hydrogen-bond acceptors (Lipinski definition) is 2. The Morgan fingerprint density at radius 1 is 1.21 bits per heavy atom. The Morgan fingerprint density at radius 2 is 1.95 bits per heavy atom. The van der Waals surface area contributed by atoms with E-state index in [-0.39, 0.29) is 6.04 Å². The van der Waals surface area contributed by atoms with E-state index in [1.165, 1.54) is 37.7 Å². The Bertz CT molecular complexity index is 466. The fourth-order valence-electron chi connectivity index (χ4n) is 3.54. The van der Waals surface area contributed by atoms with Crippen LogP contribution < -0.4 is 4.90 Å². The summed E-state index contributed by atoms with van der Waals surface area (Å²) in [5, 5.41) is 9.44.